The van der Waals surface area contributed by atoms with Crippen LogP contribution in [-0.4, -0.2) is 22.9 Å². The van der Waals surface area contributed by atoms with E-state index < -0.39 is 5.91 Å². The summed E-state index contributed by atoms with van der Waals surface area (Å²) in [5.74, 6) is -0.390. The van der Waals surface area contributed by atoms with E-state index in [1.807, 2.05) is 6.92 Å². The highest BCUT2D eigenvalue weighted by Gasteiger charge is 2.21. The molecular formula is C5H11N5O2. The highest BCUT2D eigenvalue weighted by Crippen LogP contribution is 1.97. The Bertz CT molecular complexity index is 226. The van der Waals surface area contributed by atoms with Gasteiger partial charge in [-0.15, -0.1) is 0 Å². The van der Waals surface area contributed by atoms with E-state index in [2.05, 4.69) is 16.2 Å². The number of hydrogen-bond acceptors (Lipinski definition) is 6. The topological polar surface area (TPSA) is 103 Å². The number of hydrogen-bond donors (Lipinski definition) is 5. The summed E-state index contributed by atoms with van der Waals surface area (Å²) >= 11 is 0. The number of amides is 1. The summed E-state index contributed by atoms with van der Waals surface area (Å²) in [7, 11) is 0. The third-order valence-electron chi connectivity index (χ3n) is 1.28. The Hall–Kier alpha value is -1.47. The van der Waals surface area contributed by atoms with Gasteiger partial charge >= 0.3 is 0 Å². The summed E-state index contributed by atoms with van der Waals surface area (Å²) in [5, 5.41) is 11.9. The summed E-state index contributed by atoms with van der Waals surface area (Å²) in [6.45, 7) is 2.41. The van der Waals surface area contributed by atoms with Crippen LogP contribution in [0.15, 0.2) is 11.5 Å². The van der Waals surface area contributed by atoms with Gasteiger partial charge in [-0.05, 0) is 12.2 Å². The molecule has 0 aromatic rings. The minimum absolute atomic E-state index is 0.0862. The second-order valence-electron chi connectivity index (χ2n) is 2.18. The van der Waals surface area contributed by atoms with Gasteiger partial charge in [0.15, 0.2) is 0 Å². The maximum Gasteiger partial charge on any atom is 0.288 e. The van der Waals surface area contributed by atoms with Crippen molar-refractivity contribution in [2.75, 3.05) is 6.54 Å². The lowest BCUT2D eigenvalue weighted by atomic mass is 10.4. The second-order valence-corrected chi connectivity index (χ2v) is 2.18. The molecule has 68 valence electrons. The molecule has 0 aromatic carbocycles. The zero-order chi connectivity index (χ0) is 9.14. The van der Waals surface area contributed by atoms with Crippen molar-refractivity contribution in [1.82, 2.24) is 21.4 Å². The summed E-state index contributed by atoms with van der Waals surface area (Å²) < 4.78 is 0. The third kappa shape index (κ3) is 1.57. The molecule has 0 spiro atoms. The maximum absolute atomic E-state index is 11.1. The van der Waals surface area contributed by atoms with Crippen LogP contribution < -0.4 is 21.9 Å². The molecule has 7 nitrogen and oxygen atoms in total. The number of carbonyl (C=O) groups is 1. The molecule has 1 aliphatic rings. The Morgan fingerprint density at radius 3 is 2.83 bits per heavy atom. The number of nitrogens with zero attached hydrogens (tertiary/aromatic N) is 1. The Morgan fingerprint density at radius 1 is 1.67 bits per heavy atom. The Morgan fingerprint density at radius 2 is 2.33 bits per heavy atom. The predicted molar refractivity (Wildman–Crippen MR) is 39.8 cm³/mol. The highest BCUT2D eigenvalue weighted by atomic mass is 16.6. The van der Waals surface area contributed by atoms with E-state index in [4.69, 9.17) is 10.9 Å². The molecule has 12 heavy (non-hydrogen) atoms. The molecule has 0 atom stereocenters. The first kappa shape index (κ1) is 8.62. The fourth-order valence-corrected chi connectivity index (χ4v) is 0.825. The molecule has 0 saturated carbocycles. The van der Waals surface area contributed by atoms with Crippen LogP contribution in [0.1, 0.15) is 6.92 Å². The average molecular weight is 173 g/mol. The van der Waals surface area contributed by atoms with Gasteiger partial charge < -0.3 is 11.1 Å². The lowest BCUT2D eigenvalue weighted by Crippen LogP contribution is -2.56. The number of carbonyl (C=O) groups excluding carboxylic acids is 1. The monoisotopic (exact) mass is 173 g/mol. The smallest absolute Gasteiger partial charge is 0.288 e. The first-order valence-electron chi connectivity index (χ1n) is 3.45. The first-order chi connectivity index (χ1) is 5.65. The highest BCUT2D eigenvalue weighted by molar-refractivity contribution is 5.93. The molecule has 0 aliphatic carbocycles. The van der Waals surface area contributed by atoms with Gasteiger partial charge in [-0.2, -0.15) is 0 Å². The van der Waals surface area contributed by atoms with Crippen molar-refractivity contribution < 1.29 is 10.0 Å². The molecule has 0 saturated heterocycles. The number of hydrazine groups is 2. The minimum Gasteiger partial charge on any atom is -0.382 e. The molecule has 7 heteroatoms. The van der Waals surface area contributed by atoms with Crippen LogP contribution in [0.2, 0.25) is 0 Å². The van der Waals surface area contributed by atoms with Gasteiger partial charge in [-0.3, -0.25) is 15.4 Å². The van der Waals surface area contributed by atoms with Crippen molar-refractivity contribution in [3.63, 3.8) is 0 Å². The summed E-state index contributed by atoms with van der Waals surface area (Å²) in [6.07, 6.45) is 0. The van der Waals surface area contributed by atoms with E-state index in [-0.39, 0.29) is 11.5 Å². The zero-order valence-corrected chi connectivity index (χ0v) is 6.59. The van der Waals surface area contributed by atoms with Crippen molar-refractivity contribution in [2.45, 2.75) is 6.92 Å². The Kier molecular flexibility index (Phi) is 2.36. The summed E-state index contributed by atoms with van der Waals surface area (Å²) in [5.41, 5.74) is 9.99. The van der Waals surface area contributed by atoms with Crippen LogP contribution in [-0.2, 0) is 4.79 Å². The number of rotatable bonds is 2. The molecule has 6 N–H and O–H groups in total. The predicted octanol–water partition coefficient (Wildman–Crippen LogP) is -2.04. The zero-order valence-electron chi connectivity index (χ0n) is 6.59. The van der Waals surface area contributed by atoms with Gasteiger partial charge in [0, 0.05) is 6.54 Å². The van der Waals surface area contributed by atoms with Gasteiger partial charge in [-0.1, -0.05) is 0 Å². The number of nitrogens with one attached hydrogen (secondary N) is 3. The first-order valence-corrected chi connectivity index (χ1v) is 3.45. The van der Waals surface area contributed by atoms with Crippen LogP contribution in [0.4, 0.5) is 0 Å². The van der Waals surface area contributed by atoms with Crippen LogP contribution in [0.25, 0.3) is 0 Å². The maximum atomic E-state index is 11.1. The lowest BCUT2D eigenvalue weighted by Gasteiger charge is -2.25. The van der Waals surface area contributed by atoms with Crippen molar-refractivity contribution >= 4 is 5.91 Å². The fourth-order valence-electron chi connectivity index (χ4n) is 0.825. The van der Waals surface area contributed by atoms with Gasteiger partial charge in [0.2, 0.25) is 0 Å². The molecule has 1 heterocycles. The van der Waals surface area contributed by atoms with E-state index in [0.29, 0.717) is 11.8 Å². The van der Waals surface area contributed by atoms with E-state index in [0.717, 1.165) is 0 Å². The SMILES string of the molecule is CCNC1=C(N)NN(O)NC1=O. The molecule has 0 radical (unpaired) electrons. The number of nitrogens with two attached hydrogens (primary N) is 1. The quantitative estimate of drug-likeness (QED) is 0.330. The van der Waals surface area contributed by atoms with E-state index in [1.165, 1.54) is 0 Å². The molecule has 1 amide bonds. The normalized spacial score (nSPS) is 18.7. The van der Waals surface area contributed by atoms with Crippen LogP contribution in [0, 0.1) is 0 Å². The molecule has 0 bridgehead atoms. The fraction of sp³-hybridized carbons (Fsp3) is 0.400. The second kappa shape index (κ2) is 3.28. The van der Waals surface area contributed by atoms with Crippen LogP contribution in [0.5, 0.6) is 0 Å². The third-order valence-corrected chi connectivity index (χ3v) is 1.28. The van der Waals surface area contributed by atoms with Crippen LogP contribution >= 0.6 is 0 Å². The average Bonchev–Trinajstić information content (AvgIpc) is 1.96. The Balaban J connectivity index is 2.78. The van der Waals surface area contributed by atoms with Gasteiger partial charge in [0.1, 0.15) is 11.5 Å². The van der Waals surface area contributed by atoms with E-state index in [9.17, 15) is 4.79 Å². The van der Waals surface area contributed by atoms with Gasteiger partial charge in [0.25, 0.3) is 5.91 Å². The summed E-state index contributed by atoms with van der Waals surface area (Å²) in [4.78, 5) is 11.1. The molecular weight excluding hydrogens is 162 g/mol. The Labute approximate surface area is 69.1 Å². The van der Waals surface area contributed by atoms with Crippen molar-refractivity contribution in [3.05, 3.63) is 11.5 Å². The van der Waals surface area contributed by atoms with Crippen LogP contribution in [0.3, 0.4) is 0 Å². The molecule has 0 aromatic heterocycles. The molecule has 0 fully saturated rings. The number of likely N-dealkylation sites (N-methyl/N-ethyl adjacent to an activating group) is 1. The minimum atomic E-state index is -0.476. The van der Waals surface area contributed by atoms with E-state index >= 15 is 0 Å². The standard InChI is InChI=1S/C5H11N5O2/c1-2-7-3-4(6)8-10(12)9-5(3)11/h7-8,12H,2,6H2,1H3,(H,9,11). The van der Waals surface area contributed by atoms with Crippen molar-refractivity contribution in [2.24, 2.45) is 5.73 Å². The van der Waals surface area contributed by atoms with Crippen molar-refractivity contribution in [1.29, 1.82) is 0 Å². The van der Waals surface area contributed by atoms with E-state index in [1.54, 1.807) is 0 Å². The molecule has 1 rings (SSSR count). The van der Waals surface area contributed by atoms with Crippen molar-refractivity contribution in [3.8, 4) is 0 Å². The van der Waals surface area contributed by atoms with Gasteiger partial charge in [-0.25, -0.2) is 5.43 Å². The lowest BCUT2D eigenvalue weighted by molar-refractivity contribution is -0.185. The molecule has 0 unspecified atom stereocenters. The largest absolute Gasteiger partial charge is 0.382 e. The molecule has 1 aliphatic heterocycles. The van der Waals surface area contributed by atoms with Gasteiger partial charge in [0.05, 0.1) is 0 Å². The summed E-state index contributed by atoms with van der Waals surface area (Å²) in [6, 6.07) is 0.